The Morgan fingerprint density at radius 3 is 2.63 bits per heavy atom. The van der Waals surface area contributed by atoms with Crippen molar-refractivity contribution in [3.8, 4) is 0 Å². The fourth-order valence-corrected chi connectivity index (χ4v) is 5.08. The van der Waals surface area contributed by atoms with Crippen LogP contribution in [0.1, 0.15) is 71.1 Å². The Labute approximate surface area is 181 Å². The normalized spacial score (nSPS) is 26.2. The summed E-state index contributed by atoms with van der Waals surface area (Å²) in [5.74, 6) is 1.87. The molecule has 7 heteroatoms. The van der Waals surface area contributed by atoms with Gasteiger partial charge in [0.1, 0.15) is 12.4 Å². The molecule has 0 spiro atoms. The van der Waals surface area contributed by atoms with Gasteiger partial charge in [-0.25, -0.2) is 4.98 Å². The minimum atomic E-state index is 0.427. The number of oxime groups is 1. The van der Waals surface area contributed by atoms with Gasteiger partial charge in [-0.3, -0.25) is 4.90 Å². The van der Waals surface area contributed by atoms with Gasteiger partial charge in [-0.2, -0.15) is 4.98 Å². The van der Waals surface area contributed by atoms with E-state index in [1.165, 1.54) is 63.6 Å². The molecule has 1 atom stereocenters. The Morgan fingerprint density at radius 2 is 1.87 bits per heavy atom. The highest BCUT2D eigenvalue weighted by atomic mass is 16.6. The van der Waals surface area contributed by atoms with Gasteiger partial charge in [-0.15, -0.1) is 0 Å². The summed E-state index contributed by atoms with van der Waals surface area (Å²) in [7, 11) is 0. The highest BCUT2D eigenvalue weighted by molar-refractivity contribution is 5.84. The quantitative estimate of drug-likeness (QED) is 0.708. The molecule has 4 rings (SSSR count). The molecule has 166 valence electrons. The van der Waals surface area contributed by atoms with Crippen molar-refractivity contribution in [1.82, 2.24) is 14.9 Å². The lowest BCUT2D eigenvalue weighted by Crippen LogP contribution is -2.48. The van der Waals surface area contributed by atoms with Crippen LogP contribution in [0, 0.1) is 0 Å². The van der Waals surface area contributed by atoms with Crippen molar-refractivity contribution >= 4 is 17.5 Å². The van der Waals surface area contributed by atoms with Crippen molar-refractivity contribution < 1.29 is 4.84 Å². The molecule has 1 unspecified atom stereocenters. The smallest absolute Gasteiger partial charge is 0.224 e. The van der Waals surface area contributed by atoms with E-state index in [1.54, 1.807) is 0 Å². The Hall–Kier alpha value is -1.89. The van der Waals surface area contributed by atoms with E-state index in [0.717, 1.165) is 44.2 Å². The number of nitrogens with zero attached hydrogens (tertiary/aromatic N) is 5. The van der Waals surface area contributed by atoms with E-state index in [-0.39, 0.29) is 0 Å². The average molecular weight is 415 g/mol. The molecule has 0 amide bonds. The van der Waals surface area contributed by atoms with Gasteiger partial charge in [0.05, 0.1) is 5.71 Å². The fraction of sp³-hybridized carbons (Fsp3) is 0.783. The number of piperidine rings is 1. The van der Waals surface area contributed by atoms with Crippen LogP contribution in [0.4, 0.5) is 11.8 Å². The summed E-state index contributed by atoms with van der Waals surface area (Å²) in [5, 5.41) is 7.92. The van der Waals surface area contributed by atoms with E-state index in [0.29, 0.717) is 18.7 Å². The van der Waals surface area contributed by atoms with Crippen molar-refractivity contribution in [3.63, 3.8) is 0 Å². The van der Waals surface area contributed by atoms with Gasteiger partial charge < -0.3 is 15.1 Å². The van der Waals surface area contributed by atoms with Crippen LogP contribution < -0.4 is 10.2 Å². The summed E-state index contributed by atoms with van der Waals surface area (Å²) in [6, 6.07) is 3.16. The molecule has 30 heavy (non-hydrogen) atoms. The number of anilines is 2. The molecule has 1 saturated carbocycles. The number of hydrogen-bond acceptors (Lipinski definition) is 7. The van der Waals surface area contributed by atoms with Gasteiger partial charge in [-0.05, 0) is 70.9 Å². The molecule has 1 N–H and O–H groups in total. The minimum Gasteiger partial charge on any atom is -0.396 e. The highest BCUT2D eigenvalue weighted by Crippen LogP contribution is 2.26. The highest BCUT2D eigenvalue weighted by Gasteiger charge is 2.29. The van der Waals surface area contributed by atoms with Crippen LogP contribution in [0.3, 0.4) is 0 Å². The zero-order valence-corrected chi connectivity index (χ0v) is 18.6. The predicted molar refractivity (Wildman–Crippen MR) is 122 cm³/mol. The van der Waals surface area contributed by atoms with Gasteiger partial charge in [0.15, 0.2) is 0 Å². The van der Waals surface area contributed by atoms with Gasteiger partial charge in [-0.1, -0.05) is 18.0 Å². The Balaban J connectivity index is 1.30. The van der Waals surface area contributed by atoms with Crippen molar-refractivity contribution in [2.45, 2.75) is 83.2 Å². The van der Waals surface area contributed by atoms with Crippen LogP contribution in [0.15, 0.2) is 17.4 Å². The van der Waals surface area contributed by atoms with Crippen molar-refractivity contribution in [2.75, 3.05) is 43.0 Å². The monoisotopic (exact) mass is 414 g/mol. The van der Waals surface area contributed by atoms with Gasteiger partial charge in [0, 0.05) is 37.9 Å². The molecule has 1 aromatic rings. The summed E-state index contributed by atoms with van der Waals surface area (Å²) in [5.41, 5.74) is 1.23. The maximum absolute atomic E-state index is 5.24. The fourth-order valence-electron chi connectivity index (χ4n) is 5.08. The molecule has 1 aliphatic carbocycles. The number of hydrogen-bond donors (Lipinski definition) is 1. The third-order valence-corrected chi connectivity index (χ3v) is 6.73. The van der Waals surface area contributed by atoms with E-state index in [9.17, 15) is 0 Å². The molecule has 3 fully saturated rings. The maximum atomic E-state index is 5.24. The first kappa shape index (κ1) is 21.3. The van der Waals surface area contributed by atoms with E-state index >= 15 is 0 Å². The lowest BCUT2D eigenvalue weighted by atomic mass is 9.90. The second-order valence-electron chi connectivity index (χ2n) is 8.92. The second kappa shape index (κ2) is 10.9. The van der Waals surface area contributed by atoms with E-state index in [2.05, 4.69) is 31.3 Å². The lowest BCUT2D eigenvalue weighted by Gasteiger charge is -2.40. The van der Waals surface area contributed by atoms with Crippen LogP contribution in [-0.4, -0.2) is 65.4 Å². The molecule has 3 heterocycles. The van der Waals surface area contributed by atoms with Gasteiger partial charge in [0.2, 0.25) is 5.95 Å². The molecule has 7 nitrogen and oxygen atoms in total. The van der Waals surface area contributed by atoms with E-state index in [1.807, 2.05) is 13.1 Å². The molecule has 2 saturated heterocycles. The van der Waals surface area contributed by atoms with Crippen molar-refractivity contribution in [1.29, 1.82) is 0 Å². The summed E-state index contributed by atoms with van der Waals surface area (Å²) >= 11 is 0. The maximum Gasteiger partial charge on any atom is 0.224 e. The standard InChI is InChI=1S/C23H38N6O/c1-2-30-27-19-9-11-21(12-10-19)29-17-7-8-20(18-29)25-23-24-14-13-22(26-23)28-15-5-3-4-6-16-28/h13-14,20-21H,2-12,15-18H2,1H3,(H,24,25,26). The topological polar surface area (TPSA) is 65.9 Å². The van der Waals surface area contributed by atoms with Crippen LogP contribution in [0.25, 0.3) is 0 Å². The first-order chi connectivity index (χ1) is 14.8. The largest absolute Gasteiger partial charge is 0.396 e. The third-order valence-electron chi connectivity index (χ3n) is 6.73. The second-order valence-corrected chi connectivity index (χ2v) is 8.92. The zero-order chi connectivity index (χ0) is 20.6. The first-order valence-electron chi connectivity index (χ1n) is 12.1. The molecule has 2 aliphatic heterocycles. The van der Waals surface area contributed by atoms with Crippen LogP contribution in [-0.2, 0) is 4.84 Å². The minimum absolute atomic E-state index is 0.427. The van der Waals surface area contributed by atoms with Crippen molar-refractivity contribution in [2.24, 2.45) is 5.16 Å². The SMILES string of the molecule is CCON=C1CCC(N2CCCC(Nc3nccc(N4CCCCCC4)n3)C2)CC1. The lowest BCUT2D eigenvalue weighted by molar-refractivity contribution is 0.132. The number of likely N-dealkylation sites (tertiary alicyclic amines) is 1. The molecular weight excluding hydrogens is 376 g/mol. The predicted octanol–water partition coefficient (Wildman–Crippen LogP) is 4.07. The average Bonchev–Trinajstić information content (AvgIpc) is 3.08. The number of rotatable bonds is 6. The van der Waals surface area contributed by atoms with E-state index in [4.69, 9.17) is 9.82 Å². The zero-order valence-electron chi connectivity index (χ0n) is 18.6. The van der Waals surface area contributed by atoms with Gasteiger partial charge in [0.25, 0.3) is 0 Å². The van der Waals surface area contributed by atoms with Crippen molar-refractivity contribution in [3.05, 3.63) is 12.3 Å². The molecular formula is C23H38N6O. The molecule has 3 aliphatic rings. The Kier molecular flexibility index (Phi) is 7.78. The Morgan fingerprint density at radius 1 is 1.07 bits per heavy atom. The molecule has 0 aromatic carbocycles. The number of aromatic nitrogens is 2. The summed E-state index contributed by atoms with van der Waals surface area (Å²) in [6.45, 7) is 7.17. The first-order valence-corrected chi connectivity index (χ1v) is 12.1. The Bertz CT molecular complexity index is 678. The van der Waals surface area contributed by atoms with Gasteiger partial charge >= 0.3 is 0 Å². The summed E-state index contributed by atoms with van der Waals surface area (Å²) < 4.78 is 0. The van der Waals surface area contributed by atoms with Crippen LogP contribution in [0.5, 0.6) is 0 Å². The van der Waals surface area contributed by atoms with E-state index < -0.39 is 0 Å². The van der Waals surface area contributed by atoms with Crippen LogP contribution in [0.2, 0.25) is 0 Å². The van der Waals surface area contributed by atoms with Crippen LogP contribution >= 0.6 is 0 Å². The summed E-state index contributed by atoms with van der Waals surface area (Å²) in [6.07, 6.45) is 14.1. The summed E-state index contributed by atoms with van der Waals surface area (Å²) in [4.78, 5) is 19.7. The molecule has 0 bridgehead atoms. The number of nitrogens with one attached hydrogen (secondary N) is 1. The molecule has 0 radical (unpaired) electrons. The molecule has 1 aromatic heterocycles. The third kappa shape index (κ3) is 5.84.